The van der Waals surface area contributed by atoms with Gasteiger partial charge in [0.2, 0.25) is 5.95 Å². The van der Waals surface area contributed by atoms with E-state index in [0.29, 0.717) is 0 Å². The molecule has 0 aromatic carbocycles. The molecule has 0 spiro atoms. The normalized spacial score (nSPS) is 14.5. The van der Waals surface area contributed by atoms with Crippen LogP contribution in [0.3, 0.4) is 0 Å². The van der Waals surface area contributed by atoms with E-state index in [9.17, 15) is 13.2 Å². The van der Waals surface area contributed by atoms with Gasteiger partial charge in [0.15, 0.2) is 0 Å². The first-order valence-electron chi connectivity index (χ1n) is 3.62. The summed E-state index contributed by atoms with van der Waals surface area (Å²) in [4.78, 5) is 3.53. The van der Waals surface area contributed by atoms with Crippen LogP contribution in [-0.4, -0.2) is 20.9 Å². The van der Waals surface area contributed by atoms with Gasteiger partial charge >= 0.3 is 6.18 Å². The lowest BCUT2D eigenvalue weighted by Gasteiger charge is -2.13. The van der Waals surface area contributed by atoms with E-state index in [1.165, 1.54) is 13.3 Å². The molecule has 0 aliphatic heterocycles. The van der Waals surface area contributed by atoms with Gasteiger partial charge in [-0.3, -0.25) is 0 Å². The molecular formula is C6H9F3N4. The van der Waals surface area contributed by atoms with E-state index in [1.807, 2.05) is 0 Å². The van der Waals surface area contributed by atoms with Crippen molar-refractivity contribution in [1.29, 1.82) is 0 Å². The summed E-state index contributed by atoms with van der Waals surface area (Å²) in [6.07, 6.45) is -3.94. The molecule has 0 aliphatic rings. The van der Waals surface area contributed by atoms with Crippen LogP contribution < -0.4 is 5.73 Å². The molecule has 2 N–H and O–H groups in total. The summed E-state index contributed by atoms with van der Waals surface area (Å²) in [5, 5.41) is 3.58. The summed E-state index contributed by atoms with van der Waals surface area (Å²) in [5.74, 6) is -0.0194. The zero-order chi connectivity index (χ0) is 10.1. The second-order valence-corrected chi connectivity index (χ2v) is 2.75. The molecule has 13 heavy (non-hydrogen) atoms. The number of nitrogens with two attached hydrogens (primary N) is 1. The first kappa shape index (κ1) is 9.82. The van der Waals surface area contributed by atoms with E-state index in [0.717, 1.165) is 4.68 Å². The van der Waals surface area contributed by atoms with Crippen molar-refractivity contribution < 1.29 is 13.2 Å². The molecule has 4 nitrogen and oxygen atoms in total. The van der Waals surface area contributed by atoms with Crippen LogP contribution in [-0.2, 0) is 0 Å². The Morgan fingerprint density at radius 3 is 2.62 bits per heavy atom. The van der Waals surface area contributed by atoms with Crippen molar-refractivity contribution in [3.05, 3.63) is 6.33 Å². The number of hydrogen-bond acceptors (Lipinski definition) is 3. The van der Waals surface area contributed by atoms with Crippen LogP contribution in [0.1, 0.15) is 19.4 Å². The van der Waals surface area contributed by atoms with Crippen LogP contribution in [0.15, 0.2) is 6.33 Å². The van der Waals surface area contributed by atoms with Gasteiger partial charge in [0.25, 0.3) is 0 Å². The second kappa shape index (κ2) is 3.23. The SMILES string of the molecule is CC(CC(F)(F)F)n1cnc(N)n1. The molecule has 1 aromatic heterocycles. The summed E-state index contributed by atoms with van der Waals surface area (Å²) in [6.45, 7) is 1.40. The maximum atomic E-state index is 11.9. The van der Waals surface area contributed by atoms with E-state index in [1.54, 1.807) is 0 Å². The Bertz CT molecular complexity index is 280. The Hall–Kier alpha value is -1.27. The molecule has 0 saturated heterocycles. The monoisotopic (exact) mass is 194 g/mol. The molecule has 0 fully saturated rings. The molecule has 1 aromatic rings. The number of rotatable bonds is 2. The van der Waals surface area contributed by atoms with Crippen LogP contribution in [0.25, 0.3) is 0 Å². The highest BCUT2D eigenvalue weighted by molar-refractivity contribution is 5.09. The summed E-state index contributed by atoms with van der Waals surface area (Å²) in [6, 6.07) is -0.773. The maximum absolute atomic E-state index is 11.9. The lowest BCUT2D eigenvalue weighted by atomic mass is 10.2. The van der Waals surface area contributed by atoms with Crippen molar-refractivity contribution in [2.24, 2.45) is 0 Å². The number of anilines is 1. The van der Waals surface area contributed by atoms with Crippen molar-refractivity contribution in [1.82, 2.24) is 14.8 Å². The standard InChI is InChI=1S/C6H9F3N4/c1-4(2-6(7,8)9)13-3-11-5(10)12-13/h3-4H,2H2,1H3,(H2,10,12). The minimum atomic E-state index is -4.19. The number of nitrogens with zero attached hydrogens (tertiary/aromatic N) is 3. The van der Waals surface area contributed by atoms with Gasteiger partial charge in [-0.05, 0) is 6.92 Å². The molecule has 1 unspecified atom stereocenters. The molecule has 1 heterocycles. The fourth-order valence-electron chi connectivity index (χ4n) is 0.929. The first-order chi connectivity index (χ1) is 5.88. The molecule has 74 valence electrons. The Labute approximate surface area is 72.6 Å². The highest BCUT2D eigenvalue weighted by Gasteiger charge is 2.31. The molecule has 0 radical (unpaired) electrons. The van der Waals surface area contributed by atoms with Gasteiger partial charge in [-0.25, -0.2) is 9.67 Å². The van der Waals surface area contributed by atoms with E-state index < -0.39 is 18.6 Å². The van der Waals surface area contributed by atoms with Crippen molar-refractivity contribution >= 4 is 5.95 Å². The molecule has 0 saturated carbocycles. The molecule has 1 rings (SSSR count). The molecular weight excluding hydrogens is 185 g/mol. The van der Waals surface area contributed by atoms with Crippen LogP contribution in [0.2, 0.25) is 0 Å². The smallest absolute Gasteiger partial charge is 0.367 e. The van der Waals surface area contributed by atoms with Crippen LogP contribution >= 0.6 is 0 Å². The van der Waals surface area contributed by atoms with Gasteiger partial charge in [-0.1, -0.05) is 0 Å². The lowest BCUT2D eigenvalue weighted by molar-refractivity contribution is -0.142. The van der Waals surface area contributed by atoms with Crippen molar-refractivity contribution in [3.63, 3.8) is 0 Å². The average Bonchev–Trinajstić information content (AvgIpc) is 2.31. The topological polar surface area (TPSA) is 56.7 Å². The fourth-order valence-corrected chi connectivity index (χ4v) is 0.929. The minimum absolute atomic E-state index is 0.0194. The van der Waals surface area contributed by atoms with Crippen LogP contribution in [0.4, 0.5) is 19.1 Å². The summed E-state index contributed by atoms with van der Waals surface area (Å²) >= 11 is 0. The summed E-state index contributed by atoms with van der Waals surface area (Å²) in [7, 11) is 0. The highest BCUT2D eigenvalue weighted by atomic mass is 19.4. The van der Waals surface area contributed by atoms with Gasteiger partial charge < -0.3 is 5.73 Å². The highest BCUT2D eigenvalue weighted by Crippen LogP contribution is 2.26. The molecule has 7 heteroatoms. The van der Waals surface area contributed by atoms with Gasteiger partial charge in [-0.2, -0.15) is 13.2 Å². The fraction of sp³-hybridized carbons (Fsp3) is 0.667. The van der Waals surface area contributed by atoms with E-state index >= 15 is 0 Å². The van der Waals surface area contributed by atoms with E-state index in [2.05, 4.69) is 10.1 Å². The van der Waals surface area contributed by atoms with Gasteiger partial charge in [-0.15, -0.1) is 5.10 Å². The van der Waals surface area contributed by atoms with E-state index in [4.69, 9.17) is 5.73 Å². The number of halogens is 3. The molecule has 1 atom stereocenters. The summed E-state index contributed by atoms with van der Waals surface area (Å²) in [5.41, 5.74) is 5.16. The Morgan fingerprint density at radius 1 is 1.62 bits per heavy atom. The summed E-state index contributed by atoms with van der Waals surface area (Å²) < 4.78 is 36.8. The maximum Gasteiger partial charge on any atom is 0.391 e. The number of nitrogen functional groups attached to an aromatic ring is 1. The second-order valence-electron chi connectivity index (χ2n) is 2.75. The average molecular weight is 194 g/mol. The largest absolute Gasteiger partial charge is 0.391 e. The third kappa shape index (κ3) is 2.92. The molecule has 0 aliphatic carbocycles. The molecule has 0 amide bonds. The Kier molecular flexibility index (Phi) is 2.44. The molecule has 0 bridgehead atoms. The zero-order valence-corrected chi connectivity index (χ0v) is 6.91. The predicted octanol–water partition coefficient (Wildman–Crippen LogP) is 1.37. The Morgan fingerprint density at radius 2 is 2.23 bits per heavy atom. The number of hydrogen-bond donors (Lipinski definition) is 1. The van der Waals surface area contributed by atoms with Crippen LogP contribution in [0, 0.1) is 0 Å². The first-order valence-corrected chi connectivity index (χ1v) is 3.62. The third-order valence-corrected chi connectivity index (χ3v) is 1.50. The van der Waals surface area contributed by atoms with E-state index in [-0.39, 0.29) is 5.95 Å². The van der Waals surface area contributed by atoms with Crippen molar-refractivity contribution in [2.75, 3.05) is 5.73 Å². The van der Waals surface area contributed by atoms with Gasteiger partial charge in [0, 0.05) is 0 Å². The zero-order valence-electron chi connectivity index (χ0n) is 6.91. The van der Waals surface area contributed by atoms with Crippen molar-refractivity contribution in [3.8, 4) is 0 Å². The van der Waals surface area contributed by atoms with Gasteiger partial charge in [0.1, 0.15) is 6.33 Å². The third-order valence-electron chi connectivity index (χ3n) is 1.50. The minimum Gasteiger partial charge on any atom is -0.367 e. The van der Waals surface area contributed by atoms with Crippen LogP contribution in [0.5, 0.6) is 0 Å². The van der Waals surface area contributed by atoms with Crippen molar-refractivity contribution in [2.45, 2.75) is 25.6 Å². The van der Waals surface area contributed by atoms with Gasteiger partial charge in [0.05, 0.1) is 12.5 Å². The lowest BCUT2D eigenvalue weighted by Crippen LogP contribution is -2.17. The Balaban J connectivity index is 2.64. The number of aromatic nitrogens is 3. The quantitative estimate of drug-likeness (QED) is 0.773. The number of alkyl halides is 3. The predicted molar refractivity (Wildman–Crippen MR) is 39.8 cm³/mol.